The summed E-state index contributed by atoms with van der Waals surface area (Å²) in [5.41, 5.74) is 0. The summed E-state index contributed by atoms with van der Waals surface area (Å²) in [5, 5.41) is 0. The Hall–Kier alpha value is -1.12. The zero-order chi connectivity index (χ0) is 14.5. The second kappa shape index (κ2) is 6.36. The van der Waals surface area contributed by atoms with Crippen molar-refractivity contribution in [2.24, 2.45) is 0 Å². The van der Waals surface area contributed by atoms with Gasteiger partial charge in [0.15, 0.2) is 9.84 Å². The lowest BCUT2D eigenvalue weighted by Crippen LogP contribution is -2.06. The van der Waals surface area contributed by atoms with Crippen LogP contribution in [0.3, 0.4) is 0 Å². The molecule has 0 aliphatic heterocycles. The largest absolute Gasteiger partial charge is 0.494 e. The summed E-state index contributed by atoms with van der Waals surface area (Å²) in [4.78, 5) is 0.214. The molecule has 0 aliphatic rings. The van der Waals surface area contributed by atoms with Gasteiger partial charge in [-0.3, -0.25) is 4.55 Å². The van der Waals surface area contributed by atoms with Crippen molar-refractivity contribution in [1.29, 1.82) is 0 Å². The van der Waals surface area contributed by atoms with Crippen LogP contribution < -0.4 is 4.74 Å². The quantitative estimate of drug-likeness (QED) is 0.599. The molecule has 1 N–H and O–H groups in total. The molecule has 0 unspecified atom stereocenters. The smallest absolute Gasteiger partial charge is 0.264 e. The molecule has 0 atom stereocenters. The van der Waals surface area contributed by atoms with Crippen molar-refractivity contribution in [1.82, 2.24) is 0 Å². The highest BCUT2D eigenvalue weighted by Crippen LogP contribution is 2.16. The van der Waals surface area contributed by atoms with Gasteiger partial charge in [-0.1, -0.05) is 0 Å². The van der Waals surface area contributed by atoms with Crippen LogP contribution in [0.1, 0.15) is 12.8 Å². The van der Waals surface area contributed by atoms with E-state index in [4.69, 9.17) is 9.29 Å². The fraction of sp³-hybridized carbons (Fsp3) is 0.455. The van der Waals surface area contributed by atoms with Crippen LogP contribution in [0.15, 0.2) is 29.2 Å². The molecule has 0 fully saturated rings. The van der Waals surface area contributed by atoms with E-state index in [1.807, 2.05) is 0 Å². The zero-order valence-electron chi connectivity index (χ0n) is 10.4. The first-order valence-corrected chi connectivity index (χ1v) is 9.07. The molecule has 0 heterocycles. The van der Waals surface area contributed by atoms with Gasteiger partial charge in [0.1, 0.15) is 5.75 Å². The molecule has 6 nitrogen and oxygen atoms in total. The number of unbranched alkanes of at least 4 members (excludes halogenated alkanes) is 1. The number of rotatable bonds is 7. The molecule has 0 radical (unpaired) electrons. The van der Waals surface area contributed by atoms with E-state index in [9.17, 15) is 16.8 Å². The summed E-state index contributed by atoms with van der Waals surface area (Å²) in [6, 6.07) is 5.98. The lowest BCUT2D eigenvalue weighted by Gasteiger charge is -2.06. The predicted octanol–water partition coefficient (Wildman–Crippen LogP) is 1.14. The van der Waals surface area contributed by atoms with Crippen LogP contribution in [0.25, 0.3) is 0 Å². The summed E-state index contributed by atoms with van der Waals surface area (Å²) < 4.78 is 57.2. The van der Waals surface area contributed by atoms with Gasteiger partial charge in [-0.25, -0.2) is 8.42 Å². The van der Waals surface area contributed by atoms with Gasteiger partial charge in [0.05, 0.1) is 17.3 Å². The van der Waals surface area contributed by atoms with E-state index in [0.29, 0.717) is 25.2 Å². The number of ether oxygens (including phenoxy) is 1. The summed E-state index contributed by atoms with van der Waals surface area (Å²) in [6.45, 7) is 0.299. The average Bonchev–Trinajstić information content (AvgIpc) is 2.26. The van der Waals surface area contributed by atoms with Gasteiger partial charge in [0.25, 0.3) is 10.1 Å². The Balaban J connectivity index is 2.39. The van der Waals surface area contributed by atoms with E-state index in [2.05, 4.69) is 0 Å². The highest BCUT2D eigenvalue weighted by molar-refractivity contribution is 7.90. The van der Waals surface area contributed by atoms with Crippen LogP contribution >= 0.6 is 0 Å². The van der Waals surface area contributed by atoms with Crippen LogP contribution in [0.2, 0.25) is 0 Å². The third-order valence-corrected chi connectivity index (χ3v) is 4.25. The van der Waals surface area contributed by atoms with Crippen molar-refractivity contribution >= 4 is 20.0 Å². The van der Waals surface area contributed by atoms with Crippen molar-refractivity contribution in [2.75, 3.05) is 18.6 Å². The highest BCUT2D eigenvalue weighted by atomic mass is 32.2. The molecule has 1 aromatic rings. The van der Waals surface area contributed by atoms with Gasteiger partial charge in [-0.2, -0.15) is 8.42 Å². The Bertz CT molecular complexity index is 601. The molecule has 0 saturated carbocycles. The maximum absolute atomic E-state index is 11.2. The van der Waals surface area contributed by atoms with Crippen molar-refractivity contribution in [3.63, 3.8) is 0 Å². The van der Waals surface area contributed by atoms with Crippen molar-refractivity contribution in [2.45, 2.75) is 17.7 Å². The maximum Gasteiger partial charge on any atom is 0.264 e. The van der Waals surface area contributed by atoms with Gasteiger partial charge < -0.3 is 4.74 Å². The van der Waals surface area contributed by atoms with Crippen molar-refractivity contribution < 1.29 is 26.1 Å². The van der Waals surface area contributed by atoms with Crippen LogP contribution in [0.5, 0.6) is 5.75 Å². The van der Waals surface area contributed by atoms with E-state index in [0.717, 1.165) is 6.26 Å². The number of benzene rings is 1. The third kappa shape index (κ3) is 6.55. The Labute approximate surface area is 113 Å². The van der Waals surface area contributed by atoms with Crippen LogP contribution in [-0.2, 0) is 20.0 Å². The van der Waals surface area contributed by atoms with Gasteiger partial charge in [-0.15, -0.1) is 0 Å². The zero-order valence-corrected chi connectivity index (χ0v) is 12.1. The summed E-state index contributed by atoms with van der Waals surface area (Å²) in [5.74, 6) is 0.225. The van der Waals surface area contributed by atoms with Crippen molar-refractivity contribution in [3.8, 4) is 5.75 Å². The molecule has 0 aliphatic carbocycles. The highest BCUT2D eigenvalue weighted by Gasteiger charge is 2.06. The average molecular weight is 308 g/mol. The molecule has 0 bridgehead atoms. The Morgan fingerprint density at radius 1 is 1.05 bits per heavy atom. The van der Waals surface area contributed by atoms with Crippen LogP contribution in [0.4, 0.5) is 0 Å². The normalized spacial score (nSPS) is 12.3. The minimum absolute atomic E-state index is 0.214. The van der Waals surface area contributed by atoms with Crippen LogP contribution in [-0.4, -0.2) is 40.0 Å². The first-order chi connectivity index (χ1) is 8.68. The lowest BCUT2D eigenvalue weighted by atomic mass is 10.3. The molecule has 8 heteroatoms. The second-order valence-electron chi connectivity index (χ2n) is 4.09. The number of hydrogen-bond acceptors (Lipinski definition) is 5. The standard InChI is InChI=1S/C11H16O6S2/c1-18(12,13)11-6-4-10(5-7-11)17-8-2-3-9-19(14,15)16/h4-7H,2-3,8-9H2,1H3,(H,14,15,16). The molecule has 1 aromatic carbocycles. The fourth-order valence-corrected chi connectivity index (χ4v) is 2.56. The molecule has 0 aromatic heterocycles. The van der Waals surface area contributed by atoms with E-state index < -0.39 is 20.0 Å². The second-order valence-corrected chi connectivity index (χ2v) is 7.67. The molecule has 19 heavy (non-hydrogen) atoms. The van der Waals surface area contributed by atoms with E-state index in [1.165, 1.54) is 12.1 Å². The summed E-state index contributed by atoms with van der Waals surface area (Å²) in [7, 11) is -7.13. The topological polar surface area (TPSA) is 97.7 Å². The fourth-order valence-electron chi connectivity index (χ4n) is 1.36. The number of hydrogen-bond donors (Lipinski definition) is 1. The molecule has 108 valence electrons. The SMILES string of the molecule is CS(=O)(=O)c1ccc(OCCCCS(=O)(=O)O)cc1. The molecule has 0 amide bonds. The molecule has 0 saturated heterocycles. The minimum atomic E-state index is -3.91. The monoisotopic (exact) mass is 308 g/mol. The van der Waals surface area contributed by atoms with Gasteiger partial charge in [0.2, 0.25) is 0 Å². The molecular weight excluding hydrogens is 292 g/mol. The van der Waals surface area contributed by atoms with Gasteiger partial charge >= 0.3 is 0 Å². The van der Waals surface area contributed by atoms with Crippen LogP contribution in [0, 0.1) is 0 Å². The molecular formula is C11H16O6S2. The Kier molecular flexibility index (Phi) is 5.33. The third-order valence-electron chi connectivity index (χ3n) is 2.32. The summed E-state index contributed by atoms with van der Waals surface area (Å²) in [6.07, 6.45) is 1.91. The predicted molar refractivity (Wildman–Crippen MR) is 70.7 cm³/mol. The van der Waals surface area contributed by atoms with E-state index in [-0.39, 0.29) is 10.6 Å². The number of sulfone groups is 1. The molecule has 0 spiro atoms. The molecule has 1 rings (SSSR count). The first kappa shape index (κ1) is 15.9. The van der Waals surface area contributed by atoms with Gasteiger partial charge in [-0.05, 0) is 37.1 Å². The Morgan fingerprint density at radius 3 is 2.11 bits per heavy atom. The van der Waals surface area contributed by atoms with Crippen molar-refractivity contribution in [3.05, 3.63) is 24.3 Å². The van der Waals surface area contributed by atoms with E-state index in [1.54, 1.807) is 12.1 Å². The summed E-state index contributed by atoms with van der Waals surface area (Å²) >= 11 is 0. The maximum atomic E-state index is 11.2. The Morgan fingerprint density at radius 2 is 1.63 bits per heavy atom. The first-order valence-electron chi connectivity index (χ1n) is 5.56. The van der Waals surface area contributed by atoms with Gasteiger partial charge in [0, 0.05) is 6.26 Å². The minimum Gasteiger partial charge on any atom is -0.494 e. The lowest BCUT2D eigenvalue weighted by molar-refractivity contribution is 0.309. The van der Waals surface area contributed by atoms with E-state index >= 15 is 0 Å².